The minimum Gasteiger partial charge on any atom is -0.489 e. The average molecular weight is 309 g/mol. The molecular formula is C16H14ClFO3. The number of hydrogen-bond acceptors (Lipinski definition) is 3. The Labute approximate surface area is 126 Å². The van der Waals surface area contributed by atoms with Crippen molar-refractivity contribution in [1.82, 2.24) is 0 Å². The summed E-state index contributed by atoms with van der Waals surface area (Å²) in [5.41, 5.74) is 0.996. The van der Waals surface area contributed by atoms with Crippen LogP contribution in [0.4, 0.5) is 4.39 Å². The summed E-state index contributed by atoms with van der Waals surface area (Å²) in [6, 6.07) is 9.13. The number of halogens is 2. The van der Waals surface area contributed by atoms with Crippen LogP contribution < -0.4 is 9.47 Å². The molecule has 21 heavy (non-hydrogen) atoms. The normalized spacial score (nSPS) is 15.4. The summed E-state index contributed by atoms with van der Waals surface area (Å²) in [5, 5.41) is 10.8. The number of rotatable bonds is 2. The van der Waals surface area contributed by atoms with Crippen molar-refractivity contribution in [1.29, 1.82) is 0 Å². The van der Waals surface area contributed by atoms with E-state index in [9.17, 15) is 9.50 Å². The van der Waals surface area contributed by atoms with Crippen molar-refractivity contribution in [3.8, 4) is 11.5 Å². The maximum Gasteiger partial charge on any atom is 0.179 e. The van der Waals surface area contributed by atoms with Gasteiger partial charge in [-0.05, 0) is 35.4 Å². The Morgan fingerprint density at radius 3 is 2.71 bits per heavy atom. The fourth-order valence-electron chi connectivity index (χ4n) is 2.28. The Bertz CT molecular complexity index is 660. The first-order chi connectivity index (χ1) is 10.1. The molecule has 0 radical (unpaired) electrons. The van der Waals surface area contributed by atoms with Crippen molar-refractivity contribution in [2.45, 2.75) is 12.5 Å². The fourth-order valence-corrected chi connectivity index (χ4v) is 2.55. The van der Waals surface area contributed by atoms with Crippen LogP contribution in [0.1, 0.15) is 23.7 Å². The molecule has 1 N–H and O–H groups in total. The first-order valence-corrected chi connectivity index (χ1v) is 7.05. The second-order valence-electron chi connectivity index (χ2n) is 4.84. The quantitative estimate of drug-likeness (QED) is 0.919. The molecule has 110 valence electrons. The second kappa shape index (κ2) is 5.92. The van der Waals surface area contributed by atoms with Crippen LogP contribution in [0.3, 0.4) is 0 Å². The molecular weight excluding hydrogens is 295 g/mol. The molecule has 3 rings (SSSR count). The molecule has 0 aromatic heterocycles. The van der Waals surface area contributed by atoms with Crippen molar-refractivity contribution in [2.75, 3.05) is 13.2 Å². The maximum atomic E-state index is 13.3. The lowest BCUT2D eigenvalue weighted by molar-refractivity contribution is 0.219. The lowest BCUT2D eigenvalue weighted by Gasteiger charge is -2.16. The standard InChI is InChI=1S/C16H14ClFO3/c17-13-8-11(9-14-16(13)21-6-2-5-20-14)15(19)10-3-1-4-12(18)7-10/h1,3-4,7-9,15,19H,2,5-6H2. The third-order valence-corrected chi connectivity index (χ3v) is 3.59. The molecule has 0 amide bonds. The van der Waals surface area contributed by atoms with Gasteiger partial charge in [-0.15, -0.1) is 0 Å². The SMILES string of the molecule is OC(c1cccc(F)c1)c1cc(Cl)c2c(c1)OCCCO2. The minimum atomic E-state index is -0.977. The molecule has 5 heteroatoms. The van der Waals surface area contributed by atoms with Crippen LogP contribution in [0.5, 0.6) is 11.5 Å². The summed E-state index contributed by atoms with van der Waals surface area (Å²) in [5.74, 6) is 0.599. The highest BCUT2D eigenvalue weighted by atomic mass is 35.5. The molecule has 1 heterocycles. The van der Waals surface area contributed by atoms with E-state index in [0.29, 0.717) is 40.9 Å². The summed E-state index contributed by atoms with van der Waals surface area (Å²) in [6.07, 6.45) is -0.206. The molecule has 1 aliphatic heterocycles. The average Bonchev–Trinajstić information content (AvgIpc) is 2.72. The van der Waals surface area contributed by atoms with Gasteiger partial charge >= 0.3 is 0 Å². The van der Waals surface area contributed by atoms with E-state index in [1.807, 2.05) is 0 Å². The monoisotopic (exact) mass is 308 g/mol. The van der Waals surface area contributed by atoms with E-state index in [4.69, 9.17) is 21.1 Å². The minimum absolute atomic E-state index is 0.375. The first kappa shape index (κ1) is 14.2. The van der Waals surface area contributed by atoms with E-state index >= 15 is 0 Å². The lowest BCUT2D eigenvalue weighted by atomic mass is 10.0. The summed E-state index contributed by atoms with van der Waals surface area (Å²) in [6.45, 7) is 1.07. The molecule has 0 fully saturated rings. The van der Waals surface area contributed by atoms with Gasteiger partial charge in [0.15, 0.2) is 11.5 Å². The van der Waals surface area contributed by atoms with Gasteiger partial charge in [-0.2, -0.15) is 0 Å². The van der Waals surface area contributed by atoms with E-state index in [1.165, 1.54) is 12.1 Å². The fraction of sp³-hybridized carbons (Fsp3) is 0.250. The molecule has 1 aliphatic rings. The number of hydrogen-bond donors (Lipinski definition) is 1. The van der Waals surface area contributed by atoms with Gasteiger partial charge in [0.1, 0.15) is 11.9 Å². The van der Waals surface area contributed by atoms with Crippen LogP contribution >= 0.6 is 11.6 Å². The Kier molecular flexibility index (Phi) is 3.99. The Balaban J connectivity index is 1.99. The van der Waals surface area contributed by atoms with Crippen molar-refractivity contribution in [3.63, 3.8) is 0 Å². The summed E-state index contributed by atoms with van der Waals surface area (Å²) in [7, 11) is 0. The Morgan fingerprint density at radius 1 is 1.10 bits per heavy atom. The first-order valence-electron chi connectivity index (χ1n) is 6.68. The van der Waals surface area contributed by atoms with Gasteiger partial charge in [0.25, 0.3) is 0 Å². The smallest absolute Gasteiger partial charge is 0.179 e. The van der Waals surface area contributed by atoms with Gasteiger partial charge in [-0.25, -0.2) is 4.39 Å². The molecule has 0 spiro atoms. The van der Waals surface area contributed by atoms with Crippen LogP contribution in [0.25, 0.3) is 0 Å². The Hall–Kier alpha value is -1.78. The second-order valence-corrected chi connectivity index (χ2v) is 5.25. The summed E-state index contributed by atoms with van der Waals surface area (Å²) >= 11 is 6.19. The third kappa shape index (κ3) is 2.96. The van der Waals surface area contributed by atoms with Gasteiger partial charge in [0, 0.05) is 6.42 Å². The number of ether oxygens (including phenoxy) is 2. The Morgan fingerprint density at radius 2 is 1.90 bits per heavy atom. The number of aliphatic hydroxyl groups excluding tert-OH is 1. The van der Waals surface area contributed by atoms with Gasteiger partial charge < -0.3 is 14.6 Å². The van der Waals surface area contributed by atoms with Gasteiger partial charge in [-0.3, -0.25) is 0 Å². The topological polar surface area (TPSA) is 38.7 Å². The highest BCUT2D eigenvalue weighted by molar-refractivity contribution is 6.32. The molecule has 0 saturated carbocycles. The van der Waals surface area contributed by atoms with E-state index < -0.39 is 11.9 Å². The predicted molar refractivity (Wildman–Crippen MR) is 77.5 cm³/mol. The number of aliphatic hydroxyl groups is 1. The van der Waals surface area contributed by atoms with E-state index in [1.54, 1.807) is 24.3 Å². The molecule has 0 saturated heterocycles. The van der Waals surface area contributed by atoms with Crippen LogP contribution in [-0.2, 0) is 0 Å². The van der Waals surface area contributed by atoms with Crippen LogP contribution in [0.2, 0.25) is 5.02 Å². The third-order valence-electron chi connectivity index (χ3n) is 3.30. The van der Waals surface area contributed by atoms with Gasteiger partial charge in [-0.1, -0.05) is 23.7 Å². The molecule has 3 nitrogen and oxygen atoms in total. The zero-order chi connectivity index (χ0) is 14.8. The van der Waals surface area contributed by atoms with Crippen LogP contribution in [-0.4, -0.2) is 18.3 Å². The largest absolute Gasteiger partial charge is 0.489 e. The van der Waals surface area contributed by atoms with Crippen molar-refractivity contribution in [2.24, 2.45) is 0 Å². The number of fused-ring (bicyclic) bond motifs is 1. The van der Waals surface area contributed by atoms with Crippen molar-refractivity contribution >= 4 is 11.6 Å². The van der Waals surface area contributed by atoms with Crippen LogP contribution in [0.15, 0.2) is 36.4 Å². The summed E-state index contributed by atoms with van der Waals surface area (Å²) < 4.78 is 24.4. The molecule has 0 aliphatic carbocycles. The predicted octanol–water partition coefficient (Wildman–Crippen LogP) is 3.72. The molecule has 1 unspecified atom stereocenters. The molecule has 0 bridgehead atoms. The van der Waals surface area contributed by atoms with Gasteiger partial charge in [0.05, 0.1) is 18.2 Å². The highest BCUT2D eigenvalue weighted by Crippen LogP contribution is 2.40. The lowest BCUT2D eigenvalue weighted by Crippen LogP contribution is -2.02. The van der Waals surface area contributed by atoms with E-state index in [2.05, 4.69) is 0 Å². The van der Waals surface area contributed by atoms with Crippen molar-refractivity contribution in [3.05, 3.63) is 58.4 Å². The number of benzene rings is 2. The molecule has 2 aromatic carbocycles. The zero-order valence-corrected chi connectivity index (χ0v) is 11.9. The van der Waals surface area contributed by atoms with E-state index in [-0.39, 0.29) is 0 Å². The van der Waals surface area contributed by atoms with Crippen LogP contribution in [0, 0.1) is 5.82 Å². The summed E-state index contributed by atoms with van der Waals surface area (Å²) in [4.78, 5) is 0. The van der Waals surface area contributed by atoms with Gasteiger partial charge in [0.2, 0.25) is 0 Å². The van der Waals surface area contributed by atoms with E-state index in [0.717, 1.165) is 6.42 Å². The maximum absolute atomic E-state index is 13.3. The molecule has 2 aromatic rings. The van der Waals surface area contributed by atoms with Crippen molar-refractivity contribution < 1.29 is 19.0 Å². The zero-order valence-electron chi connectivity index (χ0n) is 11.2. The highest BCUT2D eigenvalue weighted by Gasteiger charge is 2.19. The molecule has 1 atom stereocenters.